The van der Waals surface area contributed by atoms with E-state index < -0.39 is 0 Å². The van der Waals surface area contributed by atoms with Crippen molar-refractivity contribution in [3.05, 3.63) is 63.1 Å². The van der Waals surface area contributed by atoms with E-state index in [1.807, 2.05) is 18.5 Å². The third-order valence-corrected chi connectivity index (χ3v) is 7.83. The van der Waals surface area contributed by atoms with E-state index in [1.165, 1.54) is 55.4 Å². The molecule has 1 unspecified atom stereocenters. The predicted molar refractivity (Wildman–Crippen MR) is 123 cm³/mol. The number of hydrogen-bond acceptors (Lipinski definition) is 5. The van der Waals surface area contributed by atoms with Crippen LogP contribution in [-0.4, -0.2) is 30.8 Å². The number of aromatic nitrogens is 4. The second kappa shape index (κ2) is 9.12. The van der Waals surface area contributed by atoms with Gasteiger partial charge in [-0.3, -0.25) is 9.88 Å². The van der Waals surface area contributed by atoms with E-state index in [9.17, 15) is 0 Å². The summed E-state index contributed by atoms with van der Waals surface area (Å²) in [6.07, 6.45) is 13.5. The number of hydrogen-bond donors (Lipinski definition) is 0. The maximum absolute atomic E-state index is 6.01. The molecule has 1 aliphatic carbocycles. The molecule has 1 saturated carbocycles. The van der Waals surface area contributed by atoms with Crippen molar-refractivity contribution < 1.29 is 0 Å². The molecule has 0 N–H and O–H groups in total. The van der Waals surface area contributed by atoms with Crippen LogP contribution in [0.3, 0.4) is 0 Å². The van der Waals surface area contributed by atoms with E-state index >= 15 is 0 Å². The minimum absolute atomic E-state index is 0.404. The van der Waals surface area contributed by atoms with Crippen molar-refractivity contribution >= 4 is 23.6 Å². The van der Waals surface area contributed by atoms with Gasteiger partial charge in [0.2, 0.25) is 0 Å². The van der Waals surface area contributed by atoms with Crippen molar-refractivity contribution in [3.8, 4) is 0 Å². The molecule has 30 heavy (non-hydrogen) atoms. The Morgan fingerprint density at radius 2 is 1.97 bits per heavy atom. The molecular formula is C23H29N5S2. The van der Waals surface area contributed by atoms with E-state index in [0.29, 0.717) is 12.1 Å². The summed E-state index contributed by atoms with van der Waals surface area (Å²) in [5.74, 6) is 1.13. The van der Waals surface area contributed by atoms with Gasteiger partial charge in [-0.15, -0.1) is 11.3 Å². The summed E-state index contributed by atoms with van der Waals surface area (Å²) in [6, 6.07) is 9.46. The Morgan fingerprint density at radius 1 is 1.07 bits per heavy atom. The summed E-state index contributed by atoms with van der Waals surface area (Å²) in [5.41, 5.74) is 1.30. The Labute approximate surface area is 187 Å². The Morgan fingerprint density at radius 3 is 2.73 bits per heavy atom. The van der Waals surface area contributed by atoms with Crippen LogP contribution < -0.4 is 0 Å². The summed E-state index contributed by atoms with van der Waals surface area (Å²) in [4.78, 5) is 8.21. The molecule has 2 aliphatic rings. The Kier molecular flexibility index (Phi) is 6.11. The largest absolute Gasteiger partial charge is 0.301 e. The molecule has 5 nitrogen and oxygen atoms in total. The van der Waals surface area contributed by atoms with Crippen LogP contribution in [0.1, 0.15) is 73.3 Å². The van der Waals surface area contributed by atoms with Crippen LogP contribution in [0.25, 0.3) is 0 Å². The normalized spacial score (nSPS) is 20.7. The molecule has 0 aromatic carbocycles. The third-order valence-electron chi connectivity index (χ3n) is 6.54. The minimum Gasteiger partial charge on any atom is -0.301 e. The highest BCUT2D eigenvalue weighted by Gasteiger charge is 2.28. The second-order valence-electron chi connectivity index (χ2n) is 8.51. The van der Waals surface area contributed by atoms with Gasteiger partial charge in [0.05, 0.1) is 6.67 Å². The standard InChI is InChI=1S/C23H29N5S2/c29-23-27(17-26-13-5-11-21(26)18-7-4-12-24-16-18)25-22(15-20-10-6-14-30-20)28(23)19-8-2-1-3-9-19/h4,6-7,10,12,14,16,19,21H,1-3,5,8-9,11,13,15,17H2. The third kappa shape index (κ3) is 4.15. The maximum Gasteiger partial charge on any atom is 0.199 e. The van der Waals surface area contributed by atoms with Gasteiger partial charge in [0.15, 0.2) is 4.77 Å². The summed E-state index contributed by atoms with van der Waals surface area (Å²) in [5, 5.41) is 7.22. The Balaban J connectivity index is 1.44. The molecule has 0 radical (unpaired) electrons. The summed E-state index contributed by atoms with van der Waals surface area (Å²) >= 11 is 7.81. The minimum atomic E-state index is 0.404. The second-order valence-corrected chi connectivity index (χ2v) is 9.91. The van der Waals surface area contributed by atoms with Gasteiger partial charge >= 0.3 is 0 Å². The lowest BCUT2D eigenvalue weighted by Crippen LogP contribution is -2.27. The van der Waals surface area contributed by atoms with Crippen LogP contribution in [0.4, 0.5) is 0 Å². The van der Waals surface area contributed by atoms with E-state index in [1.54, 1.807) is 11.3 Å². The molecule has 7 heteroatoms. The van der Waals surface area contributed by atoms with E-state index in [4.69, 9.17) is 17.3 Å². The Bertz CT molecular complexity index is 1000. The van der Waals surface area contributed by atoms with Gasteiger partial charge in [-0.1, -0.05) is 31.4 Å². The average molecular weight is 440 g/mol. The van der Waals surface area contributed by atoms with Crippen LogP contribution in [0.5, 0.6) is 0 Å². The van der Waals surface area contributed by atoms with Gasteiger partial charge in [0.1, 0.15) is 5.82 Å². The fourth-order valence-electron chi connectivity index (χ4n) is 5.07. The lowest BCUT2D eigenvalue weighted by Gasteiger charge is -2.25. The number of nitrogens with zero attached hydrogens (tertiary/aromatic N) is 5. The fraction of sp³-hybridized carbons (Fsp3) is 0.522. The first-order chi connectivity index (χ1) is 14.8. The first-order valence-electron chi connectivity index (χ1n) is 11.1. The van der Waals surface area contributed by atoms with Gasteiger partial charge in [-0.05, 0) is 61.0 Å². The van der Waals surface area contributed by atoms with Gasteiger partial charge in [0, 0.05) is 42.3 Å². The predicted octanol–water partition coefficient (Wildman–Crippen LogP) is 5.76. The molecular weight excluding hydrogens is 410 g/mol. The summed E-state index contributed by atoms with van der Waals surface area (Å²) in [7, 11) is 0. The number of pyridine rings is 1. The first kappa shape index (κ1) is 20.1. The van der Waals surface area contributed by atoms with Crippen molar-refractivity contribution in [2.45, 2.75) is 70.1 Å². The molecule has 1 aliphatic heterocycles. The van der Waals surface area contributed by atoms with Crippen molar-refractivity contribution in [2.75, 3.05) is 6.54 Å². The molecule has 3 aromatic rings. The lowest BCUT2D eigenvalue weighted by molar-refractivity contribution is 0.188. The molecule has 0 amide bonds. The average Bonchev–Trinajstić information content (AvgIpc) is 3.52. The summed E-state index contributed by atoms with van der Waals surface area (Å²) < 4.78 is 5.37. The maximum atomic E-state index is 6.01. The van der Waals surface area contributed by atoms with Gasteiger partial charge in [0.25, 0.3) is 0 Å². The zero-order chi connectivity index (χ0) is 20.3. The van der Waals surface area contributed by atoms with E-state index in [2.05, 4.69) is 42.7 Å². The topological polar surface area (TPSA) is 38.9 Å². The molecule has 3 aromatic heterocycles. The molecule has 5 rings (SSSR count). The molecule has 2 fully saturated rings. The highest BCUT2D eigenvalue weighted by molar-refractivity contribution is 7.71. The van der Waals surface area contributed by atoms with Crippen LogP contribution >= 0.6 is 23.6 Å². The molecule has 158 valence electrons. The quantitative estimate of drug-likeness (QED) is 0.458. The molecule has 1 atom stereocenters. The smallest absolute Gasteiger partial charge is 0.199 e. The lowest BCUT2D eigenvalue weighted by atomic mass is 9.95. The fourth-order valence-corrected chi connectivity index (χ4v) is 6.13. The van der Waals surface area contributed by atoms with Crippen molar-refractivity contribution in [1.82, 2.24) is 24.2 Å². The summed E-state index contributed by atoms with van der Waals surface area (Å²) in [6.45, 7) is 1.84. The zero-order valence-corrected chi connectivity index (χ0v) is 19.0. The van der Waals surface area contributed by atoms with Crippen LogP contribution in [-0.2, 0) is 13.1 Å². The zero-order valence-electron chi connectivity index (χ0n) is 17.3. The van der Waals surface area contributed by atoms with Crippen LogP contribution in [0, 0.1) is 4.77 Å². The Hall–Kier alpha value is -1.83. The highest BCUT2D eigenvalue weighted by atomic mass is 32.1. The van der Waals surface area contributed by atoms with Crippen molar-refractivity contribution in [1.29, 1.82) is 0 Å². The monoisotopic (exact) mass is 439 g/mol. The van der Waals surface area contributed by atoms with Gasteiger partial charge in [-0.25, -0.2) is 4.68 Å². The van der Waals surface area contributed by atoms with Crippen molar-refractivity contribution in [2.24, 2.45) is 0 Å². The van der Waals surface area contributed by atoms with E-state index in [-0.39, 0.29) is 0 Å². The van der Waals surface area contributed by atoms with Crippen LogP contribution in [0.15, 0.2) is 42.0 Å². The van der Waals surface area contributed by atoms with Crippen LogP contribution in [0.2, 0.25) is 0 Å². The van der Waals surface area contributed by atoms with Crippen molar-refractivity contribution in [3.63, 3.8) is 0 Å². The number of rotatable bonds is 6. The van der Waals surface area contributed by atoms with E-state index in [0.717, 1.165) is 30.2 Å². The number of thiophene rings is 1. The van der Waals surface area contributed by atoms with Gasteiger partial charge in [-0.2, -0.15) is 5.10 Å². The molecule has 0 bridgehead atoms. The molecule has 4 heterocycles. The number of likely N-dealkylation sites (tertiary alicyclic amines) is 1. The van der Waals surface area contributed by atoms with Gasteiger partial charge < -0.3 is 4.57 Å². The molecule has 0 spiro atoms. The first-order valence-corrected chi connectivity index (χ1v) is 12.4. The SMILES string of the molecule is S=c1n(CN2CCCC2c2cccnc2)nc(Cc2cccs2)n1C1CCCCC1. The highest BCUT2D eigenvalue weighted by Crippen LogP contribution is 2.33. The molecule has 1 saturated heterocycles.